The van der Waals surface area contributed by atoms with Crippen LogP contribution >= 0.6 is 0 Å². The number of carbonyl (C=O) groups is 1. The second kappa shape index (κ2) is 13.6. The van der Waals surface area contributed by atoms with Gasteiger partial charge < -0.3 is 44.3 Å². The van der Waals surface area contributed by atoms with E-state index in [1.54, 1.807) is 34.6 Å². The highest BCUT2D eigenvalue weighted by molar-refractivity contribution is 5.73. The molecule has 0 aromatic rings. The van der Waals surface area contributed by atoms with Crippen LogP contribution in [0.5, 0.6) is 0 Å². The third-order valence-electron chi connectivity index (χ3n) is 9.39. The van der Waals surface area contributed by atoms with Gasteiger partial charge in [-0.1, -0.05) is 20.8 Å². The Kier molecular flexibility index (Phi) is 12.0. The van der Waals surface area contributed by atoms with E-state index in [-0.39, 0.29) is 18.3 Å². The van der Waals surface area contributed by atoms with Crippen molar-refractivity contribution in [3.05, 3.63) is 0 Å². The van der Waals surface area contributed by atoms with Gasteiger partial charge in [-0.15, -0.1) is 0 Å². The van der Waals surface area contributed by atoms with Crippen molar-refractivity contribution in [3.63, 3.8) is 0 Å². The van der Waals surface area contributed by atoms with Gasteiger partial charge in [-0.25, -0.2) is 0 Å². The molecule has 13 atom stereocenters. The number of aliphatic hydroxyl groups is 4. The van der Waals surface area contributed by atoms with E-state index < -0.39 is 71.5 Å². The predicted octanol–water partition coefficient (Wildman–Crippen LogP) is 2.48. The van der Waals surface area contributed by atoms with Gasteiger partial charge >= 0.3 is 5.97 Å². The van der Waals surface area contributed by atoms with Crippen molar-refractivity contribution in [2.75, 3.05) is 20.7 Å². The molecule has 3 unspecified atom stereocenters. The van der Waals surface area contributed by atoms with Crippen LogP contribution in [0.4, 0.5) is 0 Å². The first-order chi connectivity index (χ1) is 18.3. The van der Waals surface area contributed by atoms with E-state index in [0.717, 1.165) is 0 Å². The summed E-state index contributed by atoms with van der Waals surface area (Å²) in [5, 5.41) is 44.8. The highest BCUT2D eigenvalue weighted by Gasteiger charge is 2.49. The molecule has 0 aliphatic carbocycles. The summed E-state index contributed by atoms with van der Waals surface area (Å²) in [5.41, 5.74) is -3.66. The van der Waals surface area contributed by atoms with Gasteiger partial charge in [0.1, 0.15) is 23.9 Å². The first kappa shape index (κ1) is 35.3. The number of ether oxygens (including phenoxy) is 4. The van der Waals surface area contributed by atoms with E-state index in [9.17, 15) is 25.2 Å². The molecule has 0 bridgehead atoms. The summed E-state index contributed by atoms with van der Waals surface area (Å²) in [6.45, 7) is 16.8. The largest absolute Gasteiger partial charge is 0.459 e. The lowest BCUT2D eigenvalue weighted by Gasteiger charge is -2.46. The number of methoxy groups -OCH3 is 1. The van der Waals surface area contributed by atoms with Crippen molar-refractivity contribution >= 4 is 5.97 Å². The van der Waals surface area contributed by atoms with Crippen LogP contribution in [0.25, 0.3) is 0 Å². The van der Waals surface area contributed by atoms with Crippen LogP contribution in [-0.4, -0.2) is 112 Å². The Hall–Kier alpha value is -0.850. The van der Waals surface area contributed by atoms with Crippen LogP contribution < -0.4 is 0 Å². The number of carbonyl (C=O) groups excluding carboxylic acids is 1. The lowest BCUT2D eigenvalue weighted by molar-refractivity contribution is -0.296. The van der Waals surface area contributed by atoms with Gasteiger partial charge in [-0.2, -0.15) is 0 Å². The van der Waals surface area contributed by atoms with E-state index in [2.05, 4.69) is 6.92 Å². The maximum atomic E-state index is 13.6. The maximum Gasteiger partial charge on any atom is 0.311 e. The van der Waals surface area contributed by atoms with Gasteiger partial charge in [0.05, 0.1) is 29.3 Å². The number of rotatable bonds is 4. The van der Waals surface area contributed by atoms with Gasteiger partial charge in [0, 0.05) is 26.1 Å². The van der Waals surface area contributed by atoms with Gasteiger partial charge in [0.15, 0.2) is 6.29 Å². The summed E-state index contributed by atoms with van der Waals surface area (Å²) in [6, 6.07) is -0.427. The Morgan fingerprint density at radius 1 is 1.00 bits per heavy atom. The second-order valence-corrected chi connectivity index (χ2v) is 13.5. The van der Waals surface area contributed by atoms with Crippen LogP contribution in [-0.2, 0) is 23.7 Å². The molecular formula is C30H57NO9. The average Bonchev–Trinajstić information content (AvgIpc) is 2.85. The van der Waals surface area contributed by atoms with Crippen LogP contribution in [0.3, 0.4) is 0 Å². The third kappa shape index (κ3) is 8.16. The normalized spacial score (nSPS) is 49.1. The Morgan fingerprint density at radius 2 is 1.60 bits per heavy atom. The Balaban J connectivity index is 2.47. The van der Waals surface area contributed by atoms with Crippen molar-refractivity contribution in [1.82, 2.24) is 4.90 Å². The fraction of sp³-hybridized carbons (Fsp3) is 0.967. The van der Waals surface area contributed by atoms with E-state index >= 15 is 0 Å². The highest BCUT2D eigenvalue weighted by atomic mass is 16.7. The quantitative estimate of drug-likeness (QED) is 0.370. The molecule has 2 aliphatic rings. The molecule has 2 heterocycles. The summed E-state index contributed by atoms with van der Waals surface area (Å²) in [7, 11) is 3.41. The number of cyclic esters (lactones) is 1. The van der Waals surface area contributed by atoms with Gasteiger partial charge in [-0.3, -0.25) is 4.79 Å². The highest BCUT2D eigenvalue weighted by Crippen LogP contribution is 2.37. The zero-order valence-electron chi connectivity index (χ0n) is 26.6. The van der Waals surface area contributed by atoms with Crippen LogP contribution in [0.2, 0.25) is 0 Å². The molecule has 4 N–H and O–H groups in total. The Labute approximate surface area is 241 Å². The summed E-state index contributed by atoms with van der Waals surface area (Å²) >= 11 is 0. The Morgan fingerprint density at radius 3 is 2.15 bits per heavy atom. The summed E-state index contributed by atoms with van der Waals surface area (Å²) in [5.74, 6) is -1.55. The minimum absolute atomic E-state index is 0.0833. The van der Waals surface area contributed by atoms with Crippen molar-refractivity contribution in [1.29, 1.82) is 0 Å². The first-order valence-corrected chi connectivity index (χ1v) is 14.9. The molecule has 0 aromatic heterocycles. The molecule has 2 rings (SSSR count). The maximum absolute atomic E-state index is 13.6. The number of esters is 1. The molecule has 236 valence electrons. The number of aliphatic hydroxyl groups excluding tert-OH is 2. The molecule has 0 saturated carbocycles. The van der Waals surface area contributed by atoms with E-state index in [1.807, 2.05) is 25.8 Å². The average molecular weight is 576 g/mol. The zero-order chi connectivity index (χ0) is 30.8. The van der Waals surface area contributed by atoms with Crippen molar-refractivity contribution in [3.8, 4) is 0 Å². The second-order valence-electron chi connectivity index (χ2n) is 13.5. The smallest absolute Gasteiger partial charge is 0.311 e. The van der Waals surface area contributed by atoms with Gasteiger partial charge in [0.25, 0.3) is 0 Å². The Bertz CT molecular complexity index is 823. The number of hydrogen-bond acceptors (Lipinski definition) is 10. The minimum Gasteiger partial charge on any atom is -0.459 e. The van der Waals surface area contributed by atoms with E-state index in [0.29, 0.717) is 25.8 Å². The van der Waals surface area contributed by atoms with Gasteiger partial charge in [-0.05, 0) is 79.7 Å². The van der Waals surface area contributed by atoms with E-state index in [4.69, 9.17) is 18.9 Å². The molecule has 0 radical (unpaired) electrons. The standard InChI is InChI=1S/C30H57NO9/c1-12-22-30(9,36)25(32)20(5)31(10)16-17(2)13-28(7,35)14-18(3)24(19(4)27(34)39-22)40-23-15-29(8,37-11)26(33)21(6)38-23/h17-26,32-33,35-36H,12-16H2,1-11H3/t17-,18-,19?,20?,21+,22-,23+,24+,25?,26+,28-,29-,30-/m1/s1. The lowest BCUT2D eigenvalue weighted by atomic mass is 9.80. The molecule has 2 fully saturated rings. The summed E-state index contributed by atoms with van der Waals surface area (Å²) in [4.78, 5) is 15.6. The molecule has 2 aliphatic heterocycles. The molecule has 0 spiro atoms. The summed E-state index contributed by atoms with van der Waals surface area (Å²) in [6.07, 6.45) is -3.62. The summed E-state index contributed by atoms with van der Waals surface area (Å²) < 4.78 is 24.0. The SMILES string of the molecule is CC[C@H]1OC(=O)C(C)[C@@H](O[C@H]2C[C@@](C)(OC)[C@@H](O)[C@H](C)O2)[C@H](C)C[C@](C)(O)C[C@@H](C)CN(C)C(C)C(O)[C@]1(C)O. The fourth-order valence-corrected chi connectivity index (χ4v) is 6.80. The topological polar surface area (TPSA) is 138 Å². The predicted molar refractivity (Wildman–Crippen MR) is 151 cm³/mol. The van der Waals surface area contributed by atoms with Crippen LogP contribution in [0, 0.1) is 17.8 Å². The van der Waals surface area contributed by atoms with Crippen LogP contribution in [0.15, 0.2) is 0 Å². The van der Waals surface area contributed by atoms with Crippen molar-refractivity contribution in [2.24, 2.45) is 17.8 Å². The minimum atomic E-state index is -1.70. The van der Waals surface area contributed by atoms with Crippen molar-refractivity contribution in [2.45, 2.75) is 148 Å². The first-order valence-electron chi connectivity index (χ1n) is 14.9. The molecule has 40 heavy (non-hydrogen) atoms. The lowest BCUT2D eigenvalue weighted by Crippen LogP contribution is -2.59. The number of hydrogen-bond donors (Lipinski definition) is 4. The van der Waals surface area contributed by atoms with Gasteiger partial charge in [0.2, 0.25) is 0 Å². The molecule has 10 heteroatoms. The molecule has 0 amide bonds. The van der Waals surface area contributed by atoms with Crippen molar-refractivity contribution < 1.29 is 44.2 Å². The number of nitrogens with zero attached hydrogens (tertiary/aromatic N) is 1. The fourth-order valence-electron chi connectivity index (χ4n) is 6.80. The number of likely N-dealkylation sites (N-methyl/N-ethyl adjacent to an activating group) is 1. The molecular weight excluding hydrogens is 518 g/mol. The molecule has 2 saturated heterocycles. The monoisotopic (exact) mass is 575 g/mol. The zero-order valence-corrected chi connectivity index (χ0v) is 26.6. The third-order valence-corrected chi connectivity index (χ3v) is 9.39. The molecule has 0 aromatic carbocycles. The van der Waals surface area contributed by atoms with E-state index in [1.165, 1.54) is 14.0 Å². The van der Waals surface area contributed by atoms with Crippen LogP contribution in [0.1, 0.15) is 88.0 Å². The molecule has 10 nitrogen and oxygen atoms in total.